The number of hydrogen-bond donors (Lipinski definition) is 6. The highest BCUT2D eigenvalue weighted by Crippen LogP contribution is 2.40. The molecule has 0 spiro atoms. The molecule has 2 aromatic rings. The van der Waals surface area contributed by atoms with E-state index in [0.29, 0.717) is 12.8 Å². The first-order valence-electron chi connectivity index (χ1n) is 12.4. The number of hydrogen-bond acceptors (Lipinski definition) is 12. The molecule has 3 rings (SSSR count). The Morgan fingerprint density at radius 2 is 1.18 bits per heavy atom. The van der Waals surface area contributed by atoms with E-state index in [4.69, 9.17) is 28.4 Å². The predicted octanol–water partition coefficient (Wildman–Crippen LogP) is 0.598. The van der Waals surface area contributed by atoms with E-state index in [9.17, 15) is 30.6 Å². The number of aliphatic hydroxyl groups excluding tert-OH is 4. The van der Waals surface area contributed by atoms with E-state index >= 15 is 0 Å². The van der Waals surface area contributed by atoms with E-state index in [1.807, 2.05) is 0 Å². The van der Waals surface area contributed by atoms with Crippen molar-refractivity contribution in [3.8, 4) is 34.5 Å². The van der Waals surface area contributed by atoms with E-state index in [1.54, 1.807) is 24.3 Å². The molecule has 0 amide bonds. The van der Waals surface area contributed by atoms with Gasteiger partial charge in [0.1, 0.15) is 18.3 Å². The molecule has 6 atom stereocenters. The van der Waals surface area contributed by atoms with E-state index < -0.39 is 30.5 Å². The summed E-state index contributed by atoms with van der Waals surface area (Å²) in [5.41, 5.74) is 1.44. The molecule has 1 heterocycles. The molecule has 2 aromatic carbocycles. The maximum Gasteiger partial charge on any atom is 0.200 e. The fraction of sp³-hybridized carbons (Fsp3) is 0.556. The minimum absolute atomic E-state index is 0.00632. The lowest BCUT2D eigenvalue weighted by atomic mass is 9.83. The zero-order chi connectivity index (χ0) is 28.7. The van der Waals surface area contributed by atoms with Crippen molar-refractivity contribution in [2.24, 2.45) is 11.8 Å². The SMILES string of the molecule is COc1cc(C[C@H](CO)[C@@H](CO[C@@H]2OC[C@@H](O)[C@H](O)[C@H]2O)Cc2cc(OC)c(O)c(OC)c2)cc(OC)c1O. The Morgan fingerprint density at radius 3 is 1.59 bits per heavy atom. The third-order valence-electron chi connectivity index (χ3n) is 6.90. The largest absolute Gasteiger partial charge is 0.502 e. The number of aromatic hydroxyl groups is 2. The van der Waals surface area contributed by atoms with Crippen LogP contribution in [0.1, 0.15) is 11.1 Å². The number of rotatable bonds is 13. The molecule has 39 heavy (non-hydrogen) atoms. The lowest BCUT2D eigenvalue weighted by molar-refractivity contribution is -0.273. The second-order valence-corrected chi connectivity index (χ2v) is 9.39. The van der Waals surface area contributed by atoms with Crippen LogP contribution in [-0.4, -0.2) is 104 Å². The smallest absolute Gasteiger partial charge is 0.200 e. The van der Waals surface area contributed by atoms with Gasteiger partial charge in [0.15, 0.2) is 29.3 Å². The van der Waals surface area contributed by atoms with Gasteiger partial charge in [0.25, 0.3) is 0 Å². The number of benzene rings is 2. The van der Waals surface area contributed by atoms with Crippen LogP contribution in [0, 0.1) is 11.8 Å². The van der Waals surface area contributed by atoms with E-state index in [-0.39, 0.29) is 60.2 Å². The first-order valence-corrected chi connectivity index (χ1v) is 12.4. The maximum atomic E-state index is 10.4. The van der Waals surface area contributed by atoms with Crippen molar-refractivity contribution in [3.63, 3.8) is 0 Å². The van der Waals surface area contributed by atoms with Gasteiger partial charge in [-0.25, -0.2) is 0 Å². The van der Waals surface area contributed by atoms with Gasteiger partial charge < -0.3 is 59.1 Å². The Bertz CT molecular complexity index is 1030. The summed E-state index contributed by atoms with van der Waals surface area (Å²) >= 11 is 0. The van der Waals surface area contributed by atoms with Gasteiger partial charge in [0, 0.05) is 6.61 Å². The van der Waals surface area contributed by atoms with Crippen LogP contribution >= 0.6 is 0 Å². The monoisotopic (exact) mass is 554 g/mol. The molecule has 1 fully saturated rings. The highest BCUT2D eigenvalue weighted by molar-refractivity contribution is 5.53. The molecule has 1 aliphatic heterocycles. The third kappa shape index (κ3) is 7.15. The van der Waals surface area contributed by atoms with Gasteiger partial charge in [0.2, 0.25) is 11.5 Å². The van der Waals surface area contributed by atoms with Gasteiger partial charge in [-0.05, 0) is 60.1 Å². The normalized spacial score (nSPS) is 22.7. The fourth-order valence-electron chi connectivity index (χ4n) is 4.62. The first-order chi connectivity index (χ1) is 18.7. The molecular weight excluding hydrogens is 516 g/mol. The molecule has 1 saturated heterocycles. The first kappa shape index (κ1) is 30.5. The molecule has 0 bridgehead atoms. The minimum Gasteiger partial charge on any atom is -0.502 e. The van der Waals surface area contributed by atoms with Crippen LogP contribution < -0.4 is 18.9 Å². The van der Waals surface area contributed by atoms with Crippen molar-refractivity contribution in [2.75, 3.05) is 48.3 Å². The van der Waals surface area contributed by atoms with Crippen molar-refractivity contribution in [2.45, 2.75) is 37.4 Å². The summed E-state index contributed by atoms with van der Waals surface area (Å²) in [7, 11) is 5.68. The Hall–Kier alpha value is -3.00. The lowest BCUT2D eigenvalue weighted by Crippen LogP contribution is -2.54. The maximum absolute atomic E-state index is 10.4. The van der Waals surface area contributed by atoms with Crippen LogP contribution in [0.15, 0.2) is 24.3 Å². The van der Waals surface area contributed by atoms with Crippen LogP contribution in [0.4, 0.5) is 0 Å². The van der Waals surface area contributed by atoms with Crippen molar-refractivity contribution in [1.29, 1.82) is 0 Å². The standard InChI is InChI=1S/C27H38O12/c1-34-19-7-14(8-20(35-2)24(19)31)5-16(11-28)17(12-38-27-26(33)23(30)18(29)13-39-27)6-15-9-21(36-3)25(32)22(10-15)37-4/h7-10,16-18,23,26-33H,5-6,11-13H2,1-4H3/t16-,17-,18-,23+,26-,27-/m1/s1. The molecular formula is C27H38O12. The average molecular weight is 555 g/mol. The highest BCUT2D eigenvalue weighted by atomic mass is 16.7. The topological polar surface area (TPSA) is 177 Å². The molecule has 6 N–H and O–H groups in total. The fourth-order valence-corrected chi connectivity index (χ4v) is 4.62. The van der Waals surface area contributed by atoms with Crippen molar-refractivity contribution in [3.05, 3.63) is 35.4 Å². The summed E-state index contributed by atoms with van der Waals surface area (Å²) in [4.78, 5) is 0. The van der Waals surface area contributed by atoms with E-state index in [0.717, 1.165) is 11.1 Å². The summed E-state index contributed by atoms with van der Waals surface area (Å²) in [5.74, 6) is -0.241. The van der Waals surface area contributed by atoms with Crippen LogP contribution in [-0.2, 0) is 22.3 Å². The van der Waals surface area contributed by atoms with E-state index in [1.165, 1.54) is 28.4 Å². The van der Waals surface area contributed by atoms with Crippen molar-refractivity contribution < 1.29 is 59.1 Å². The molecule has 1 aliphatic rings. The molecule has 12 nitrogen and oxygen atoms in total. The molecule has 0 unspecified atom stereocenters. The Kier molecular flexibility index (Phi) is 10.9. The van der Waals surface area contributed by atoms with Crippen LogP contribution in [0.25, 0.3) is 0 Å². The van der Waals surface area contributed by atoms with Gasteiger partial charge >= 0.3 is 0 Å². The number of methoxy groups -OCH3 is 4. The average Bonchev–Trinajstić information content (AvgIpc) is 2.94. The lowest BCUT2D eigenvalue weighted by Gasteiger charge is -2.36. The molecule has 0 saturated carbocycles. The number of aliphatic hydroxyl groups is 4. The number of phenolic OH excluding ortho intramolecular Hbond substituents is 2. The van der Waals surface area contributed by atoms with Crippen molar-refractivity contribution >= 4 is 0 Å². The second kappa shape index (κ2) is 13.9. The molecule has 0 aromatic heterocycles. The zero-order valence-corrected chi connectivity index (χ0v) is 22.4. The van der Waals surface area contributed by atoms with Crippen LogP contribution in [0.3, 0.4) is 0 Å². The quantitative estimate of drug-likeness (QED) is 0.204. The summed E-state index contributed by atoms with van der Waals surface area (Å²) < 4.78 is 32.3. The van der Waals surface area contributed by atoms with Crippen molar-refractivity contribution in [1.82, 2.24) is 0 Å². The number of phenols is 2. The third-order valence-corrected chi connectivity index (χ3v) is 6.90. The van der Waals surface area contributed by atoms with Gasteiger partial charge in [0.05, 0.1) is 41.7 Å². The Morgan fingerprint density at radius 1 is 0.744 bits per heavy atom. The van der Waals surface area contributed by atoms with Gasteiger partial charge in [-0.2, -0.15) is 0 Å². The highest BCUT2D eigenvalue weighted by Gasteiger charge is 2.39. The summed E-state index contributed by atoms with van der Waals surface area (Å²) in [6.45, 7) is -0.467. The van der Waals surface area contributed by atoms with Gasteiger partial charge in [-0.1, -0.05) is 0 Å². The van der Waals surface area contributed by atoms with E-state index in [2.05, 4.69) is 0 Å². The minimum atomic E-state index is -1.47. The summed E-state index contributed by atoms with van der Waals surface area (Å²) in [6.07, 6.45) is -4.67. The molecule has 0 aliphatic carbocycles. The van der Waals surface area contributed by atoms with Crippen LogP contribution in [0.2, 0.25) is 0 Å². The van der Waals surface area contributed by atoms with Crippen LogP contribution in [0.5, 0.6) is 34.5 Å². The summed E-state index contributed by atoms with van der Waals surface area (Å²) in [6, 6.07) is 6.60. The summed E-state index contributed by atoms with van der Waals surface area (Å²) in [5, 5.41) is 61.2. The number of ether oxygens (including phenoxy) is 6. The second-order valence-electron chi connectivity index (χ2n) is 9.39. The Balaban J connectivity index is 1.91. The van der Waals surface area contributed by atoms with Gasteiger partial charge in [-0.3, -0.25) is 0 Å². The molecule has 218 valence electrons. The zero-order valence-electron chi connectivity index (χ0n) is 22.4. The van der Waals surface area contributed by atoms with Gasteiger partial charge in [-0.15, -0.1) is 0 Å². The molecule has 12 heteroatoms. The molecule has 0 radical (unpaired) electrons. The Labute approximate surface area is 226 Å². The predicted molar refractivity (Wildman–Crippen MR) is 138 cm³/mol.